The molecule has 2 fully saturated rings. The molecular formula is C27H33N5OS. The molecule has 2 aliphatic rings. The third-order valence-corrected chi connectivity index (χ3v) is 7.98. The fourth-order valence-corrected chi connectivity index (χ4v) is 6.00. The van der Waals surface area contributed by atoms with Crippen LogP contribution in [0.2, 0.25) is 0 Å². The number of carbonyl (C=O) groups is 1. The number of rotatable bonds is 8. The van der Waals surface area contributed by atoms with Crippen LogP contribution in [0.25, 0.3) is 0 Å². The summed E-state index contributed by atoms with van der Waals surface area (Å²) < 4.78 is 2.22. The van der Waals surface area contributed by atoms with E-state index >= 15 is 0 Å². The van der Waals surface area contributed by atoms with E-state index in [2.05, 4.69) is 56.1 Å². The molecule has 0 spiro atoms. The molecular weight excluding hydrogens is 442 g/mol. The van der Waals surface area contributed by atoms with Gasteiger partial charge in [0.2, 0.25) is 5.91 Å². The first-order valence-corrected chi connectivity index (χ1v) is 13.3. The monoisotopic (exact) mass is 475 g/mol. The van der Waals surface area contributed by atoms with Crippen LogP contribution in [0.1, 0.15) is 54.3 Å². The van der Waals surface area contributed by atoms with Crippen molar-refractivity contribution in [1.29, 1.82) is 0 Å². The Hall–Kier alpha value is -2.64. The second kappa shape index (κ2) is 11.2. The number of benzene rings is 2. The lowest BCUT2D eigenvalue weighted by Gasteiger charge is -2.26. The lowest BCUT2D eigenvalue weighted by atomic mass is 10.1. The van der Waals surface area contributed by atoms with Gasteiger partial charge in [-0.05, 0) is 49.9 Å². The molecule has 0 saturated carbocycles. The third kappa shape index (κ3) is 5.53. The van der Waals surface area contributed by atoms with Gasteiger partial charge in [0.1, 0.15) is 11.1 Å². The van der Waals surface area contributed by atoms with E-state index in [1.165, 1.54) is 24.8 Å². The fourth-order valence-electron chi connectivity index (χ4n) is 4.86. The molecule has 2 saturated heterocycles. The van der Waals surface area contributed by atoms with E-state index < -0.39 is 0 Å². The van der Waals surface area contributed by atoms with Crippen LogP contribution in [-0.4, -0.2) is 56.7 Å². The highest BCUT2D eigenvalue weighted by Crippen LogP contribution is 2.37. The molecule has 6 nitrogen and oxygen atoms in total. The van der Waals surface area contributed by atoms with Gasteiger partial charge in [-0.2, -0.15) is 0 Å². The van der Waals surface area contributed by atoms with Crippen molar-refractivity contribution >= 4 is 17.7 Å². The van der Waals surface area contributed by atoms with Crippen molar-refractivity contribution in [3.8, 4) is 0 Å². The molecule has 2 aromatic carbocycles. The first kappa shape index (κ1) is 23.1. The Morgan fingerprint density at radius 1 is 0.794 bits per heavy atom. The van der Waals surface area contributed by atoms with Crippen molar-refractivity contribution in [1.82, 2.24) is 24.6 Å². The Balaban J connectivity index is 1.45. The Morgan fingerprint density at radius 2 is 1.44 bits per heavy atom. The van der Waals surface area contributed by atoms with E-state index in [0.29, 0.717) is 6.54 Å². The summed E-state index contributed by atoms with van der Waals surface area (Å²) in [5, 5.41) is 9.76. The quantitative estimate of drug-likeness (QED) is 0.440. The van der Waals surface area contributed by atoms with Gasteiger partial charge in [-0.25, -0.2) is 0 Å². The number of hydrogen-bond acceptors (Lipinski definition) is 5. The van der Waals surface area contributed by atoms with Gasteiger partial charge < -0.3 is 9.47 Å². The maximum Gasteiger partial charge on any atom is 0.240 e. The van der Waals surface area contributed by atoms with E-state index in [1.54, 1.807) is 11.8 Å². The zero-order chi connectivity index (χ0) is 23.2. The van der Waals surface area contributed by atoms with Crippen LogP contribution >= 0.6 is 11.8 Å². The number of aromatic nitrogens is 3. The molecule has 0 aliphatic carbocycles. The lowest BCUT2D eigenvalue weighted by Crippen LogP contribution is -2.32. The molecule has 5 rings (SSSR count). The minimum atomic E-state index is -0.319. The molecule has 2 aliphatic heterocycles. The van der Waals surface area contributed by atoms with Crippen LogP contribution in [0, 0.1) is 0 Å². The Morgan fingerprint density at radius 3 is 2.15 bits per heavy atom. The summed E-state index contributed by atoms with van der Waals surface area (Å²) in [4.78, 5) is 18.1. The molecule has 1 aromatic heterocycles. The summed E-state index contributed by atoms with van der Waals surface area (Å²) in [6.45, 7) is 5.43. The van der Waals surface area contributed by atoms with Gasteiger partial charge in [0.05, 0.1) is 13.1 Å². The predicted molar refractivity (Wildman–Crippen MR) is 136 cm³/mol. The second-order valence-electron chi connectivity index (χ2n) is 9.25. The van der Waals surface area contributed by atoms with Gasteiger partial charge >= 0.3 is 0 Å². The lowest BCUT2D eigenvalue weighted by molar-refractivity contribution is -0.129. The summed E-state index contributed by atoms with van der Waals surface area (Å²) in [7, 11) is 0. The van der Waals surface area contributed by atoms with E-state index in [0.717, 1.165) is 62.1 Å². The minimum absolute atomic E-state index is 0.181. The van der Waals surface area contributed by atoms with Crippen molar-refractivity contribution in [3.05, 3.63) is 77.6 Å². The highest BCUT2D eigenvalue weighted by atomic mass is 32.2. The first-order valence-electron chi connectivity index (χ1n) is 12.5. The van der Waals surface area contributed by atoms with Crippen LogP contribution in [0.5, 0.6) is 0 Å². The van der Waals surface area contributed by atoms with E-state index in [-0.39, 0.29) is 11.2 Å². The molecule has 3 aromatic rings. The largest absolute Gasteiger partial charge is 0.341 e. The second-order valence-corrected chi connectivity index (χ2v) is 10.3. The minimum Gasteiger partial charge on any atom is -0.341 e. The summed E-state index contributed by atoms with van der Waals surface area (Å²) >= 11 is 1.55. The number of amides is 1. The zero-order valence-corrected chi connectivity index (χ0v) is 20.5. The van der Waals surface area contributed by atoms with Crippen molar-refractivity contribution < 1.29 is 4.79 Å². The van der Waals surface area contributed by atoms with E-state index in [1.807, 2.05) is 29.2 Å². The number of hydrogen-bond donors (Lipinski definition) is 0. The molecule has 1 unspecified atom stereocenters. The van der Waals surface area contributed by atoms with Gasteiger partial charge in [0.15, 0.2) is 5.16 Å². The van der Waals surface area contributed by atoms with Crippen LogP contribution < -0.4 is 0 Å². The maximum absolute atomic E-state index is 13.6. The standard InChI is InChI=1S/C27H33N5OS/c33-26(31-18-10-11-19-31)25(23-14-6-2-7-15-23)34-27-29-28-24(21-30-16-8-3-9-17-30)32(27)20-22-12-4-1-5-13-22/h1-2,4-7,12-15,25H,3,8-11,16-21H2. The van der Waals surface area contributed by atoms with Gasteiger partial charge in [0.25, 0.3) is 0 Å². The maximum atomic E-state index is 13.6. The average Bonchev–Trinajstić information content (AvgIpc) is 3.55. The number of thioether (sulfide) groups is 1. The molecule has 1 amide bonds. The van der Waals surface area contributed by atoms with Crippen molar-refractivity contribution in [2.75, 3.05) is 26.2 Å². The summed E-state index contributed by atoms with van der Waals surface area (Å²) in [5.41, 5.74) is 2.24. The molecule has 34 heavy (non-hydrogen) atoms. The Kier molecular flexibility index (Phi) is 7.61. The number of carbonyl (C=O) groups excluding carboxylic acids is 1. The topological polar surface area (TPSA) is 54.3 Å². The molecule has 0 radical (unpaired) electrons. The van der Waals surface area contributed by atoms with Gasteiger partial charge in [-0.15, -0.1) is 10.2 Å². The van der Waals surface area contributed by atoms with Crippen LogP contribution in [0.4, 0.5) is 0 Å². The normalized spacial score (nSPS) is 17.7. The average molecular weight is 476 g/mol. The Labute approximate surface area is 206 Å². The number of piperidine rings is 1. The first-order chi connectivity index (χ1) is 16.8. The van der Waals surface area contributed by atoms with Gasteiger partial charge in [0, 0.05) is 13.1 Å². The molecule has 3 heterocycles. The molecule has 0 bridgehead atoms. The van der Waals surface area contributed by atoms with E-state index in [4.69, 9.17) is 0 Å². The van der Waals surface area contributed by atoms with Crippen molar-refractivity contribution in [2.45, 2.75) is 55.6 Å². The predicted octanol–water partition coefficient (Wildman–Crippen LogP) is 4.77. The summed E-state index contributed by atoms with van der Waals surface area (Å²) in [6.07, 6.45) is 5.97. The highest BCUT2D eigenvalue weighted by Gasteiger charge is 2.31. The van der Waals surface area contributed by atoms with Crippen LogP contribution in [-0.2, 0) is 17.9 Å². The van der Waals surface area contributed by atoms with Crippen LogP contribution in [0.15, 0.2) is 65.8 Å². The Bertz CT molecular complexity index is 1060. The van der Waals surface area contributed by atoms with Gasteiger partial charge in [-0.1, -0.05) is 78.8 Å². The van der Waals surface area contributed by atoms with E-state index in [9.17, 15) is 4.79 Å². The summed E-state index contributed by atoms with van der Waals surface area (Å²) in [6, 6.07) is 20.6. The highest BCUT2D eigenvalue weighted by molar-refractivity contribution is 8.00. The summed E-state index contributed by atoms with van der Waals surface area (Å²) in [5.74, 6) is 1.16. The fraction of sp³-hybridized carbons (Fsp3) is 0.444. The SMILES string of the molecule is O=C(C(Sc1nnc(CN2CCCCC2)n1Cc1ccccc1)c1ccccc1)N1CCCC1. The molecule has 0 N–H and O–H groups in total. The van der Waals surface area contributed by atoms with Crippen molar-refractivity contribution in [2.24, 2.45) is 0 Å². The molecule has 7 heteroatoms. The molecule has 178 valence electrons. The third-order valence-electron chi connectivity index (χ3n) is 6.76. The van der Waals surface area contributed by atoms with Crippen molar-refractivity contribution in [3.63, 3.8) is 0 Å². The van der Waals surface area contributed by atoms with Crippen LogP contribution in [0.3, 0.4) is 0 Å². The zero-order valence-electron chi connectivity index (χ0n) is 19.7. The smallest absolute Gasteiger partial charge is 0.240 e. The van der Waals surface area contributed by atoms with Gasteiger partial charge in [-0.3, -0.25) is 9.69 Å². The number of nitrogens with zero attached hydrogens (tertiary/aromatic N) is 5. The molecule has 1 atom stereocenters. The number of likely N-dealkylation sites (tertiary alicyclic amines) is 2.